The van der Waals surface area contributed by atoms with Crippen LogP contribution in [0.1, 0.15) is 110 Å². The second-order valence-corrected chi connectivity index (χ2v) is 14.7. The van der Waals surface area contributed by atoms with Gasteiger partial charge in [-0.15, -0.1) is 6.42 Å². The second-order valence-electron chi connectivity index (χ2n) is 13.1. The number of nitrogens with two attached hydrogens (primary N) is 1. The molecule has 15 heteroatoms. The Labute approximate surface area is 299 Å². The Morgan fingerprint density at radius 3 is 2.41 bits per heavy atom. The van der Waals surface area contributed by atoms with Crippen molar-refractivity contribution >= 4 is 30.7 Å². The van der Waals surface area contributed by atoms with Gasteiger partial charge in [0.2, 0.25) is 0 Å². The molecule has 2 aromatic heterocycles. The third-order valence-electron chi connectivity index (χ3n) is 8.95. The summed E-state index contributed by atoms with van der Waals surface area (Å²) in [6.07, 6.45) is 16.0. The molecule has 4 rings (SSSR count). The molecule has 5 atom stereocenters. The minimum Gasteiger partial charge on any atom is -0.461 e. The molecule has 0 saturated carbocycles. The number of ether oxygens (including phenoxy) is 2. The fraction of sp³-hybridized carbons (Fsp3) is 0.611. The molecule has 1 fully saturated rings. The van der Waals surface area contributed by atoms with Crippen LogP contribution < -0.4 is 15.3 Å². The molecular weight excluding hydrogens is 678 g/mol. The summed E-state index contributed by atoms with van der Waals surface area (Å²) in [5, 5.41) is 13.9. The molecule has 3 heterocycles. The molecule has 3 aromatic rings. The van der Waals surface area contributed by atoms with Crippen molar-refractivity contribution in [1.82, 2.24) is 24.6 Å². The lowest BCUT2D eigenvalue weighted by Gasteiger charge is -2.30. The molecular formula is C36H52FN6O7P. The molecule has 4 N–H and O–H groups in total. The Morgan fingerprint density at radius 1 is 1.14 bits per heavy atom. The Morgan fingerprint density at radius 2 is 1.78 bits per heavy atom. The normalized spacial score (nSPS) is 20.6. The number of esters is 1. The Balaban J connectivity index is 1.47. The number of hydrogen-bond donors (Lipinski definition) is 3. The van der Waals surface area contributed by atoms with Gasteiger partial charge in [0.25, 0.3) is 0 Å². The molecule has 13 nitrogen and oxygen atoms in total. The zero-order chi connectivity index (χ0) is 36.9. The number of unbranched alkanes of at least 4 members (excludes halogenated alkanes) is 8. The molecule has 1 aliphatic rings. The van der Waals surface area contributed by atoms with Gasteiger partial charge in [-0.25, -0.2) is 9.55 Å². The van der Waals surface area contributed by atoms with Gasteiger partial charge in [0.05, 0.1) is 6.33 Å². The van der Waals surface area contributed by atoms with Crippen molar-refractivity contribution in [2.75, 3.05) is 12.3 Å². The topological polar surface area (TPSA) is 173 Å². The summed E-state index contributed by atoms with van der Waals surface area (Å²) in [4.78, 5) is 24.9. The number of nitrogen functional groups attached to an aromatic ring is 1. The van der Waals surface area contributed by atoms with Crippen molar-refractivity contribution in [1.29, 1.82) is 0 Å². The molecule has 280 valence electrons. The van der Waals surface area contributed by atoms with Crippen LogP contribution in [0.15, 0.2) is 36.7 Å². The monoisotopic (exact) mass is 730 g/mol. The number of para-hydroxylation sites is 1. The molecule has 1 aromatic carbocycles. The number of aliphatic hydroxyl groups excluding tert-OH is 1. The maximum Gasteiger partial charge on any atom is 0.459 e. The number of aromatic nitrogens is 4. The molecule has 1 saturated heterocycles. The van der Waals surface area contributed by atoms with Crippen LogP contribution in [0.2, 0.25) is 0 Å². The Hall–Kier alpha value is -3.60. The summed E-state index contributed by atoms with van der Waals surface area (Å²) < 4.78 is 53.5. The number of hydrogen-bond acceptors (Lipinski definition) is 11. The van der Waals surface area contributed by atoms with Crippen molar-refractivity contribution in [2.24, 2.45) is 0 Å². The molecule has 0 spiro atoms. The quantitative estimate of drug-likeness (QED) is 0.0318. The number of anilines is 1. The first-order valence-electron chi connectivity index (χ1n) is 18.0. The highest BCUT2D eigenvalue weighted by Gasteiger charge is 2.50. The van der Waals surface area contributed by atoms with Crippen LogP contribution in [0.25, 0.3) is 11.2 Å². The molecule has 1 aliphatic heterocycles. The van der Waals surface area contributed by atoms with Crippen LogP contribution >= 0.6 is 7.75 Å². The molecule has 0 unspecified atom stereocenters. The van der Waals surface area contributed by atoms with E-state index < -0.39 is 50.4 Å². The minimum absolute atomic E-state index is 0.0400. The Kier molecular flexibility index (Phi) is 15.2. The van der Waals surface area contributed by atoms with Crippen molar-refractivity contribution in [2.45, 2.75) is 134 Å². The zero-order valence-electron chi connectivity index (χ0n) is 29.8. The van der Waals surface area contributed by atoms with E-state index in [0.717, 1.165) is 64.2 Å². The van der Waals surface area contributed by atoms with Crippen molar-refractivity contribution in [3.63, 3.8) is 0 Å². The van der Waals surface area contributed by atoms with E-state index in [9.17, 15) is 18.9 Å². The number of rotatable bonds is 22. The van der Waals surface area contributed by atoms with E-state index in [2.05, 4.69) is 39.8 Å². The number of terminal acetylenes is 1. The third kappa shape index (κ3) is 11.2. The maximum atomic E-state index is 14.4. The SMILES string of the molecule is C#C[C@]1(CO[P@@](=O)(N[C@@H](C)C(=O)OC(CCCCCCC)CCCCCCC)Oc2ccccc2)O[C@@H](n2cnc3c(N)nc(F)nc32)C[C@@H]1O. The van der Waals surface area contributed by atoms with Gasteiger partial charge < -0.3 is 24.8 Å². The number of benzene rings is 1. The first kappa shape index (κ1) is 40.2. The largest absolute Gasteiger partial charge is 0.461 e. The lowest BCUT2D eigenvalue weighted by molar-refractivity contribution is -0.151. The van der Waals surface area contributed by atoms with E-state index in [-0.39, 0.29) is 35.3 Å². The van der Waals surface area contributed by atoms with Crippen molar-refractivity contribution in [3.8, 4) is 18.1 Å². The number of aliphatic hydroxyl groups is 1. The number of halogens is 1. The predicted molar refractivity (Wildman–Crippen MR) is 192 cm³/mol. The highest BCUT2D eigenvalue weighted by atomic mass is 31.2. The molecule has 0 aliphatic carbocycles. The first-order valence-corrected chi connectivity index (χ1v) is 19.5. The average Bonchev–Trinajstić information content (AvgIpc) is 3.68. The highest BCUT2D eigenvalue weighted by molar-refractivity contribution is 7.52. The summed E-state index contributed by atoms with van der Waals surface area (Å²) in [7, 11) is -4.37. The van der Waals surface area contributed by atoms with E-state index in [1.54, 1.807) is 30.3 Å². The maximum absolute atomic E-state index is 14.4. The number of fused-ring (bicyclic) bond motifs is 1. The van der Waals surface area contributed by atoms with Gasteiger partial charge >= 0.3 is 19.8 Å². The highest BCUT2D eigenvalue weighted by Crippen LogP contribution is 2.48. The van der Waals surface area contributed by atoms with Crippen LogP contribution in [0.4, 0.5) is 10.2 Å². The van der Waals surface area contributed by atoms with Gasteiger partial charge in [0.15, 0.2) is 22.6 Å². The van der Waals surface area contributed by atoms with Gasteiger partial charge in [0, 0.05) is 6.42 Å². The first-order chi connectivity index (χ1) is 24.5. The molecule has 0 amide bonds. The van der Waals surface area contributed by atoms with E-state index >= 15 is 0 Å². The lowest BCUT2D eigenvalue weighted by atomic mass is 9.99. The minimum atomic E-state index is -4.37. The summed E-state index contributed by atoms with van der Waals surface area (Å²) in [6.45, 7) is 5.27. The van der Waals surface area contributed by atoms with Crippen LogP contribution in [-0.4, -0.2) is 61.1 Å². The standard InChI is InChI=1S/C36H52FN6O7P/c1-5-8-10-12-15-19-27(20-16-13-11-9-6-2)48-34(45)26(4)42-51(46,50-28-21-17-14-18-22-28)47-24-36(7-3)29(44)23-30(49-36)43-25-39-31-32(38)40-35(37)41-33(31)43/h3,14,17-18,21-22,25-27,29-30,44H,5-6,8-13,15-16,19-20,23-24H2,1-2,4H3,(H,42,46)(H2,38,40,41)/t26-,29-,30+,36+,51-/m0/s1. The average molecular weight is 731 g/mol. The third-order valence-corrected chi connectivity index (χ3v) is 10.6. The predicted octanol–water partition coefficient (Wildman–Crippen LogP) is 7.01. The lowest BCUT2D eigenvalue weighted by Crippen LogP contribution is -2.44. The molecule has 51 heavy (non-hydrogen) atoms. The summed E-state index contributed by atoms with van der Waals surface area (Å²) >= 11 is 0. The smallest absolute Gasteiger partial charge is 0.459 e. The van der Waals surface area contributed by atoms with Crippen LogP contribution in [0.5, 0.6) is 5.75 Å². The van der Waals surface area contributed by atoms with Crippen LogP contribution in [0.3, 0.4) is 0 Å². The van der Waals surface area contributed by atoms with Gasteiger partial charge in [-0.2, -0.15) is 19.4 Å². The Bertz CT molecular complexity index is 1630. The zero-order valence-corrected chi connectivity index (χ0v) is 30.7. The van der Waals surface area contributed by atoms with E-state index in [0.29, 0.717) is 0 Å². The van der Waals surface area contributed by atoms with E-state index in [4.69, 9.17) is 30.7 Å². The number of nitrogens with zero attached hydrogens (tertiary/aromatic N) is 4. The second kappa shape index (κ2) is 19.3. The van der Waals surface area contributed by atoms with E-state index in [1.165, 1.54) is 30.7 Å². The number of carbonyl (C=O) groups is 1. The van der Waals surface area contributed by atoms with Crippen molar-refractivity contribution < 1.29 is 37.4 Å². The number of imidazole rings is 1. The van der Waals surface area contributed by atoms with E-state index in [1.807, 2.05) is 0 Å². The molecule has 0 radical (unpaired) electrons. The van der Waals surface area contributed by atoms with Gasteiger partial charge in [-0.05, 0) is 44.7 Å². The van der Waals surface area contributed by atoms with Crippen LogP contribution in [0, 0.1) is 18.4 Å². The van der Waals surface area contributed by atoms with Crippen molar-refractivity contribution in [3.05, 3.63) is 42.7 Å². The summed E-state index contributed by atoms with van der Waals surface area (Å²) in [6, 6.07) is 7.21. The van der Waals surface area contributed by atoms with Gasteiger partial charge in [0.1, 0.15) is 36.8 Å². The van der Waals surface area contributed by atoms with Gasteiger partial charge in [-0.3, -0.25) is 13.9 Å². The van der Waals surface area contributed by atoms with Crippen LogP contribution in [-0.2, 0) is 23.4 Å². The summed E-state index contributed by atoms with van der Waals surface area (Å²) in [5.41, 5.74) is 4.17. The number of nitrogens with one attached hydrogen (secondary N) is 1. The molecule has 0 bridgehead atoms. The number of carbonyl (C=O) groups excluding carboxylic acids is 1. The summed E-state index contributed by atoms with van der Waals surface area (Å²) in [5.74, 6) is 1.89. The fourth-order valence-electron chi connectivity index (χ4n) is 6.01. The van der Waals surface area contributed by atoms with Gasteiger partial charge in [-0.1, -0.05) is 89.3 Å². The fourth-order valence-corrected chi connectivity index (χ4v) is 7.53.